The molecule has 35 heavy (non-hydrogen) atoms. The first-order valence-corrected chi connectivity index (χ1v) is 14.5. The van der Waals surface area contributed by atoms with E-state index >= 15 is 0 Å². The molecule has 0 radical (unpaired) electrons. The minimum absolute atomic E-state index is 0.0379. The normalized spacial score (nSPS) is 31.1. The van der Waals surface area contributed by atoms with E-state index in [9.17, 15) is 4.79 Å². The number of nitrogens with one attached hydrogen (secondary N) is 2. The Kier molecular flexibility index (Phi) is 7.34. The van der Waals surface area contributed by atoms with Gasteiger partial charge in [-0.25, -0.2) is 4.98 Å². The van der Waals surface area contributed by atoms with E-state index in [1.165, 1.54) is 16.1 Å². The van der Waals surface area contributed by atoms with Crippen LogP contribution in [-0.2, 0) is 16.6 Å². The van der Waals surface area contributed by atoms with Gasteiger partial charge in [0.2, 0.25) is 5.91 Å². The average molecular weight is 495 g/mol. The molecule has 0 unspecified atom stereocenters. The van der Waals surface area contributed by atoms with E-state index in [-0.39, 0.29) is 11.3 Å². The molecule has 2 aromatic rings. The van der Waals surface area contributed by atoms with E-state index < -0.39 is 0 Å². The van der Waals surface area contributed by atoms with Gasteiger partial charge in [-0.2, -0.15) is 0 Å². The van der Waals surface area contributed by atoms with Crippen molar-refractivity contribution in [2.45, 2.75) is 83.2 Å². The molecule has 5 atom stereocenters. The van der Waals surface area contributed by atoms with E-state index in [2.05, 4.69) is 73.6 Å². The molecule has 2 saturated heterocycles. The molecule has 1 aromatic heterocycles. The van der Waals surface area contributed by atoms with Crippen molar-refractivity contribution in [1.82, 2.24) is 20.5 Å². The highest BCUT2D eigenvalue weighted by Crippen LogP contribution is 2.45. The lowest BCUT2D eigenvalue weighted by atomic mass is 9.73. The number of thiazole rings is 1. The maximum atomic E-state index is 14.5. The molecule has 1 aromatic carbocycles. The van der Waals surface area contributed by atoms with E-state index in [1.807, 2.05) is 11.3 Å². The molecule has 0 saturated carbocycles. The van der Waals surface area contributed by atoms with E-state index in [0.29, 0.717) is 29.8 Å². The first-order valence-electron chi connectivity index (χ1n) is 13.7. The molecule has 3 aliphatic rings. The molecule has 1 amide bonds. The van der Waals surface area contributed by atoms with Gasteiger partial charge in [0.05, 0.1) is 16.6 Å². The number of aryl methyl sites for hydroxylation is 1. The van der Waals surface area contributed by atoms with Crippen LogP contribution in [0.5, 0.6) is 0 Å². The van der Waals surface area contributed by atoms with Gasteiger partial charge in [0.15, 0.2) is 0 Å². The summed E-state index contributed by atoms with van der Waals surface area (Å²) >= 11 is 1.82. The van der Waals surface area contributed by atoms with E-state index in [4.69, 9.17) is 4.98 Å². The van der Waals surface area contributed by atoms with E-state index in [0.717, 1.165) is 63.3 Å². The molecule has 5 nitrogen and oxygen atoms in total. The van der Waals surface area contributed by atoms with Gasteiger partial charge in [-0.15, -0.1) is 11.3 Å². The van der Waals surface area contributed by atoms with Crippen LogP contribution >= 0.6 is 11.3 Å². The first kappa shape index (κ1) is 24.9. The summed E-state index contributed by atoms with van der Waals surface area (Å²) < 4.78 is 0. The Morgan fingerprint density at radius 3 is 2.74 bits per heavy atom. The fraction of sp³-hybridized carbons (Fsp3) is 0.655. The largest absolute Gasteiger partial charge is 0.339 e. The fourth-order valence-electron chi connectivity index (χ4n) is 7.08. The molecule has 2 N–H and O–H groups in total. The third kappa shape index (κ3) is 4.58. The maximum absolute atomic E-state index is 14.5. The Hall–Kier alpha value is -1.76. The number of piperidine rings is 1. The lowest BCUT2D eigenvalue weighted by Gasteiger charge is -2.46. The minimum atomic E-state index is -0.197. The standard InChI is InChI=1S/C29H42N4OS/c1-5-21(6-2)26-15-23(22-10-8-7-9-11-22)12-13-33(26)28(34)24-16-30-17-29(24)18-31-19(3)14-25-27(29)35-20(4)32-25/h7-11,19,21,23-24,26,30-31H,5-6,12-18H2,1-4H3/t19-,23-,24+,26+,29+/m1/s1. The molecule has 0 aliphatic carbocycles. The van der Waals surface area contributed by atoms with Gasteiger partial charge in [0.1, 0.15) is 0 Å². The van der Waals surface area contributed by atoms with Crippen LogP contribution < -0.4 is 10.6 Å². The highest BCUT2D eigenvalue weighted by atomic mass is 32.1. The van der Waals surface area contributed by atoms with Gasteiger partial charge < -0.3 is 15.5 Å². The third-order valence-corrected chi connectivity index (χ3v) is 10.3. The van der Waals surface area contributed by atoms with Crippen LogP contribution in [0.2, 0.25) is 0 Å². The summed E-state index contributed by atoms with van der Waals surface area (Å²) in [5, 5.41) is 8.53. The monoisotopic (exact) mass is 494 g/mol. The Morgan fingerprint density at radius 2 is 2.00 bits per heavy atom. The molecule has 1 spiro atoms. The van der Waals surface area contributed by atoms with Crippen LogP contribution in [-0.4, -0.2) is 54.1 Å². The molecular formula is C29H42N4OS. The molecule has 4 heterocycles. The molecule has 3 aliphatic heterocycles. The number of rotatable bonds is 5. The number of aromatic nitrogens is 1. The predicted molar refractivity (Wildman–Crippen MR) is 144 cm³/mol. The molecule has 6 heteroatoms. The molecule has 190 valence electrons. The first-order chi connectivity index (χ1) is 17.0. The number of amides is 1. The average Bonchev–Trinajstić information content (AvgIpc) is 3.44. The van der Waals surface area contributed by atoms with Crippen molar-refractivity contribution in [2.75, 3.05) is 26.2 Å². The SMILES string of the molecule is CCC(CC)[C@@H]1C[C@H](c2ccccc2)CCN1C(=O)[C@@H]1CNC[C@]12CN[C@H](C)Cc1nc(C)sc12. The van der Waals surface area contributed by atoms with Crippen molar-refractivity contribution in [3.8, 4) is 0 Å². The lowest BCUT2D eigenvalue weighted by molar-refractivity contribution is -0.142. The third-order valence-electron chi connectivity index (χ3n) is 9.07. The summed E-state index contributed by atoms with van der Waals surface area (Å²) in [6.07, 6.45) is 5.33. The van der Waals surface area contributed by atoms with Crippen LogP contribution in [0.3, 0.4) is 0 Å². The fourth-order valence-corrected chi connectivity index (χ4v) is 8.27. The van der Waals surface area contributed by atoms with Crippen LogP contribution in [0.1, 0.15) is 73.5 Å². The summed E-state index contributed by atoms with van der Waals surface area (Å²) in [6.45, 7) is 12.3. The highest BCUT2D eigenvalue weighted by Gasteiger charge is 2.53. The number of hydrogen-bond donors (Lipinski definition) is 2. The van der Waals surface area contributed by atoms with Crippen molar-refractivity contribution in [2.24, 2.45) is 11.8 Å². The quantitative estimate of drug-likeness (QED) is 0.635. The summed E-state index contributed by atoms with van der Waals surface area (Å²) in [4.78, 5) is 23.1. The maximum Gasteiger partial charge on any atom is 0.228 e. The number of benzene rings is 1. The summed E-state index contributed by atoms with van der Waals surface area (Å²) in [7, 11) is 0. The number of carbonyl (C=O) groups is 1. The van der Waals surface area contributed by atoms with Gasteiger partial charge in [0, 0.05) is 55.0 Å². The second-order valence-corrected chi connectivity index (χ2v) is 12.3. The van der Waals surface area contributed by atoms with Crippen molar-refractivity contribution >= 4 is 17.2 Å². The highest BCUT2D eigenvalue weighted by molar-refractivity contribution is 7.11. The number of nitrogens with zero attached hydrogens (tertiary/aromatic N) is 2. The van der Waals surface area contributed by atoms with Crippen LogP contribution in [0.25, 0.3) is 0 Å². The van der Waals surface area contributed by atoms with Crippen molar-refractivity contribution < 1.29 is 4.79 Å². The van der Waals surface area contributed by atoms with Crippen LogP contribution in [0.15, 0.2) is 30.3 Å². The summed E-state index contributed by atoms with van der Waals surface area (Å²) in [6, 6.07) is 11.6. The Morgan fingerprint density at radius 1 is 1.23 bits per heavy atom. The summed E-state index contributed by atoms with van der Waals surface area (Å²) in [5.74, 6) is 1.41. The predicted octanol–water partition coefficient (Wildman–Crippen LogP) is 4.65. The second kappa shape index (κ2) is 10.3. The number of carbonyl (C=O) groups excluding carboxylic acids is 1. The number of likely N-dealkylation sites (tertiary alicyclic amines) is 1. The zero-order valence-electron chi connectivity index (χ0n) is 21.8. The number of hydrogen-bond acceptors (Lipinski definition) is 5. The van der Waals surface area contributed by atoms with Gasteiger partial charge in [-0.3, -0.25) is 4.79 Å². The van der Waals surface area contributed by atoms with Crippen LogP contribution in [0, 0.1) is 18.8 Å². The zero-order valence-corrected chi connectivity index (χ0v) is 22.7. The van der Waals surface area contributed by atoms with Crippen LogP contribution in [0.4, 0.5) is 0 Å². The number of fused-ring (bicyclic) bond motifs is 2. The van der Waals surface area contributed by atoms with Gasteiger partial charge >= 0.3 is 0 Å². The van der Waals surface area contributed by atoms with Gasteiger partial charge in [0.25, 0.3) is 0 Å². The van der Waals surface area contributed by atoms with Crippen molar-refractivity contribution in [3.05, 3.63) is 51.5 Å². The Labute approximate surface area is 215 Å². The van der Waals surface area contributed by atoms with Gasteiger partial charge in [-0.05, 0) is 44.1 Å². The molecule has 5 rings (SSSR count). The topological polar surface area (TPSA) is 57.3 Å². The molecular weight excluding hydrogens is 452 g/mol. The second-order valence-electron chi connectivity index (χ2n) is 11.1. The molecule has 2 fully saturated rings. The van der Waals surface area contributed by atoms with Gasteiger partial charge in [-0.1, -0.05) is 57.0 Å². The smallest absolute Gasteiger partial charge is 0.228 e. The zero-order chi connectivity index (χ0) is 24.6. The summed E-state index contributed by atoms with van der Waals surface area (Å²) in [5.41, 5.74) is 2.45. The van der Waals surface area contributed by atoms with Crippen molar-refractivity contribution in [3.63, 3.8) is 0 Å². The lowest BCUT2D eigenvalue weighted by Crippen LogP contribution is -2.56. The van der Waals surface area contributed by atoms with Crippen molar-refractivity contribution in [1.29, 1.82) is 0 Å². The van der Waals surface area contributed by atoms with E-state index in [1.54, 1.807) is 0 Å². The minimum Gasteiger partial charge on any atom is -0.339 e. The Balaban J connectivity index is 1.46. The Bertz CT molecular complexity index is 1020. The molecule has 0 bridgehead atoms.